The van der Waals surface area contributed by atoms with E-state index in [9.17, 15) is 4.79 Å². The van der Waals surface area contributed by atoms with Gasteiger partial charge in [-0.1, -0.05) is 18.2 Å². The summed E-state index contributed by atoms with van der Waals surface area (Å²) in [7, 11) is 1.74. The zero-order valence-electron chi connectivity index (χ0n) is 13.3. The van der Waals surface area contributed by atoms with Crippen molar-refractivity contribution in [1.82, 2.24) is 10.2 Å². The monoisotopic (exact) mass is 303 g/mol. The molecular formula is C17H25N3O2. The Hall–Kier alpha value is -1.59. The second-order valence-electron chi connectivity index (χ2n) is 6.16. The first-order valence-corrected chi connectivity index (χ1v) is 8.12. The minimum atomic E-state index is 0.0419. The molecule has 0 aromatic heterocycles. The Kier molecular flexibility index (Phi) is 4.95. The highest BCUT2D eigenvalue weighted by Crippen LogP contribution is 2.27. The number of likely N-dealkylation sites (tertiary alicyclic amines) is 1. The van der Waals surface area contributed by atoms with Gasteiger partial charge in [-0.2, -0.15) is 0 Å². The molecule has 2 aliphatic heterocycles. The van der Waals surface area contributed by atoms with Gasteiger partial charge in [-0.3, -0.25) is 4.90 Å². The van der Waals surface area contributed by atoms with Crippen molar-refractivity contribution < 1.29 is 9.53 Å². The minimum Gasteiger partial charge on any atom is -0.383 e. The van der Waals surface area contributed by atoms with Crippen molar-refractivity contribution in [3.8, 4) is 0 Å². The van der Waals surface area contributed by atoms with Crippen molar-refractivity contribution in [1.29, 1.82) is 0 Å². The zero-order chi connectivity index (χ0) is 15.4. The molecule has 1 atom stereocenters. The fraction of sp³-hybridized carbons (Fsp3) is 0.588. The molecule has 5 nitrogen and oxygen atoms in total. The number of amides is 2. The van der Waals surface area contributed by atoms with Gasteiger partial charge in [0.25, 0.3) is 0 Å². The van der Waals surface area contributed by atoms with Gasteiger partial charge in [0, 0.05) is 39.0 Å². The standard InChI is InChI=1S/C17H25N3O2/c1-22-11-10-19-8-6-14(13-19)12-18-17(21)20-9-7-15-4-2-3-5-16(15)20/h2-5,14H,6-13H2,1H3,(H,18,21). The first-order chi connectivity index (χ1) is 10.8. The molecule has 2 aliphatic rings. The summed E-state index contributed by atoms with van der Waals surface area (Å²) >= 11 is 0. The number of nitrogens with zero attached hydrogens (tertiary/aromatic N) is 2. The van der Waals surface area contributed by atoms with Crippen molar-refractivity contribution >= 4 is 11.7 Å². The molecule has 0 saturated carbocycles. The summed E-state index contributed by atoms with van der Waals surface area (Å²) in [5.41, 5.74) is 2.33. The molecule has 1 aromatic rings. The number of ether oxygens (including phenoxy) is 1. The lowest BCUT2D eigenvalue weighted by atomic mass is 10.1. The average molecular weight is 303 g/mol. The van der Waals surface area contributed by atoms with Gasteiger partial charge in [0.1, 0.15) is 0 Å². The van der Waals surface area contributed by atoms with Crippen LogP contribution in [-0.4, -0.2) is 57.4 Å². The molecule has 0 spiro atoms. The Morgan fingerprint density at radius 2 is 2.23 bits per heavy atom. The summed E-state index contributed by atoms with van der Waals surface area (Å²) in [6, 6.07) is 8.21. The number of nitrogens with one attached hydrogen (secondary N) is 1. The van der Waals surface area contributed by atoms with Crippen molar-refractivity contribution in [2.45, 2.75) is 12.8 Å². The zero-order valence-corrected chi connectivity index (χ0v) is 13.3. The highest BCUT2D eigenvalue weighted by atomic mass is 16.5. The van der Waals surface area contributed by atoms with Crippen LogP contribution in [0.3, 0.4) is 0 Å². The molecule has 1 unspecified atom stereocenters. The quantitative estimate of drug-likeness (QED) is 0.901. The van der Waals surface area contributed by atoms with Crippen LogP contribution in [0.5, 0.6) is 0 Å². The molecule has 0 aliphatic carbocycles. The molecule has 1 saturated heterocycles. The third-order valence-electron chi connectivity index (χ3n) is 4.66. The van der Waals surface area contributed by atoms with Crippen molar-refractivity contribution in [2.75, 3.05) is 51.3 Å². The van der Waals surface area contributed by atoms with E-state index in [-0.39, 0.29) is 6.03 Å². The highest BCUT2D eigenvalue weighted by Gasteiger charge is 2.26. The number of hydrogen-bond donors (Lipinski definition) is 1. The van der Waals surface area contributed by atoms with Gasteiger partial charge in [0.05, 0.1) is 6.61 Å². The summed E-state index contributed by atoms with van der Waals surface area (Å²) in [5.74, 6) is 0.554. The van der Waals surface area contributed by atoms with Crippen LogP contribution in [0.2, 0.25) is 0 Å². The molecule has 2 amide bonds. The molecule has 120 valence electrons. The molecule has 1 N–H and O–H groups in total. The molecule has 1 fully saturated rings. The fourth-order valence-corrected chi connectivity index (χ4v) is 3.38. The number of carbonyl (C=O) groups is 1. The van der Waals surface area contributed by atoms with E-state index in [0.717, 1.165) is 57.9 Å². The van der Waals surface area contributed by atoms with Crippen LogP contribution in [0, 0.1) is 5.92 Å². The van der Waals surface area contributed by atoms with Gasteiger partial charge in [-0.15, -0.1) is 0 Å². The van der Waals surface area contributed by atoms with Crippen molar-refractivity contribution in [3.63, 3.8) is 0 Å². The van der Waals surface area contributed by atoms with E-state index in [4.69, 9.17) is 4.74 Å². The SMILES string of the molecule is COCCN1CCC(CNC(=O)N2CCc3ccccc32)C1. The Balaban J connectivity index is 1.46. The largest absolute Gasteiger partial charge is 0.383 e. The summed E-state index contributed by atoms with van der Waals surface area (Å²) < 4.78 is 5.12. The molecule has 0 radical (unpaired) electrons. The Labute approximate surface area is 132 Å². The van der Waals surface area contributed by atoms with Gasteiger partial charge in [-0.25, -0.2) is 4.79 Å². The van der Waals surface area contributed by atoms with Gasteiger partial charge in [0.15, 0.2) is 0 Å². The lowest BCUT2D eigenvalue weighted by Crippen LogP contribution is -2.41. The number of benzene rings is 1. The van der Waals surface area contributed by atoms with Gasteiger partial charge in [0.2, 0.25) is 0 Å². The van der Waals surface area contributed by atoms with E-state index in [1.165, 1.54) is 5.56 Å². The van der Waals surface area contributed by atoms with E-state index in [1.54, 1.807) is 7.11 Å². The molecule has 22 heavy (non-hydrogen) atoms. The molecule has 2 heterocycles. The van der Waals surface area contributed by atoms with Gasteiger partial charge in [-0.05, 0) is 36.9 Å². The van der Waals surface area contributed by atoms with E-state index < -0.39 is 0 Å². The Morgan fingerprint density at radius 3 is 3.09 bits per heavy atom. The highest BCUT2D eigenvalue weighted by molar-refractivity contribution is 5.94. The minimum absolute atomic E-state index is 0.0419. The van der Waals surface area contributed by atoms with Crippen molar-refractivity contribution in [3.05, 3.63) is 29.8 Å². The molecule has 1 aromatic carbocycles. The number of rotatable bonds is 5. The number of para-hydroxylation sites is 1. The van der Waals surface area contributed by atoms with Crippen LogP contribution < -0.4 is 10.2 Å². The van der Waals surface area contributed by atoms with Crippen LogP contribution in [0.4, 0.5) is 10.5 Å². The molecular weight excluding hydrogens is 278 g/mol. The summed E-state index contributed by atoms with van der Waals surface area (Å²) in [6.07, 6.45) is 2.11. The van der Waals surface area contributed by atoms with Gasteiger partial charge < -0.3 is 15.0 Å². The fourth-order valence-electron chi connectivity index (χ4n) is 3.38. The molecule has 5 heteroatoms. The third kappa shape index (κ3) is 3.42. The van der Waals surface area contributed by atoms with Crippen LogP contribution >= 0.6 is 0 Å². The number of hydrogen-bond acceptors (Lipinski definition) is 3. The maximum Gasteiger partial charge on any atom is 0.321 e. The third-order valence-corrected chi connectivity index (χ3v) is 4.66. The lowest BCUT2D eigenvalue weighted by molar-refractivity contribution is 0.159. The first kappa shape index (κ1) is 15.3. The smallest absolute Gasteiger partial charge is 0.321 e. The normalized spacial score (nSPS) is 21.1. The lowest BCUT2D eigenvalue weighted by Gasteiger charge is -2.20. The maximum atomic E-state index is 12.4. The molecule has 0 bridgehead atoms. The van der Waals surface area contributed by atoms with Crippen LogP contribution in [-0.2, 0) is 11.2 Å². The van der Waals surface area contributed by atoms with Crippen molar-refractivity contribution in [2.24, 2.45) is 5.92 Å². The van der Waals surface area contributed by atoms with E-state index in [2.05, 4.69) is 16.3 Å². The number of methoxy groups -OCH3 is 1. The number of carbonyl (C=O) groups excluding carboxylic acids is 1. The number of urea groups is 1. The summed E-state index contributed by atoms with van der Waals surface area (Å²) in [4.78, 5) is 16.7. The van der Waals surface area contributed by atoms with Crippen LogP contribution in [0.25, 0.3) is 0 Å². The van der Waals surface area contributed by atoms with E-state index in [1.807, 2.05) is 23.1 Å². The number of fused-ring (bicyclic) bond motifs is 1. The number of anilines is 1. The second-order valence-corrected chi connectivity index (χ2v) is 6.16. The van der Waals surface area contributed by atoms with E-state index in [0.29, 0.717) is 5.92 Å². The topological polar surface area (TPSA) is 44.8 Å². The van der Waals surface area contributed by atoms with Crippen LogP contribution in [0.15, 0.2) is 24.3 Å². The molecule has 3 rings (SSSR count). The second kappa shape index (κ2) is 7.11. The maximum absolute atomic E-state index is 12.4. The Morgan fingerprint density at radius 1 is 1.36 bits per heavy atom. The first-order valence-electron chi connectivity index (χ1n) is 8.12. The summed E-state index contributed by atoms with van der Waals surface area (Å²) in [6.45, 7) is 5.48. The average Bonchev–Trinajstić information content (AvgIpc) is 3.17. The van der Waals surface area contributed by atoms with Gasteiger partial charge >= 0.3 is 6.03 Å². The predicted octanol–water partition coefficient (Wildman–Crippen LogP) is 1.73. The predicted molar refractivity (Wildman–Crippen MR) is 87.3 cm³/mol. The Bertz CT molecular complexity index is 520. The van der Waals surface area contributed by atoms with Crippen LogP contribution in [0.1, 0.15) is 12.0 Å². The summed E-state index contributed by atoms with van der Waals surface area (Å²) in [5, 5.41) is 3.11. The van der Waals surface area contributed by atoms with E-state index >= 15 is 0 Å².